The second-order valence-corrected chi connectivity index (χ2v) is 10.8. The molecule has 1 aliphatic rings. The topological polar surface area (TPSA) is 88.4 Å². The molecular weight excluding hydrogens is 576 g/mol. The van der Waals surface area contributed by atoms with Crippen molar-refractivity contribution in [1.29, 1.82) is 0 Å². The van der Waals surface area contributed by atoms with Crippen LogP contribution in [0.5, 0.6) is 17.2 Å². The van der Waals surface area contributed by atoms with Crippen molar-refractivity contribution in [3.05, 3.63) is 119 Å². The first kappa shape index (κ1) is 29.2. The first-order valence-corrected chi connectivity index (χ1v) is 14.4. The van der Waals surface area contributed by atoms with E-state index in [2.05, 4.69) is 4.99 Å². The summed E-state index contributed by atoms with van der Waals surface area (Å²) in [4.78, 5) is 32.4. The van der Waals surface area contributed by atoms with Gasteiger partial charge in [-0.1, -0.05) is 59.3 Å². The molecule has 0 unspecified atom stereocenters. The Bertz CT molecular complexity index is 1860. The molecule has 0 fully saturated rings. The lowest BCUT2D eigenvalue weighted by Crippen LogP contribution is -2.40. The lowest BCUT2D eigenvalue weighted by molar-refractivity contribution is -0.139. The van der Waals surface area contributed by atoms with Gasteiger partial charge >= 0.3 is 5.97 Å². The maximum Gasteiger partial charge on any atom is 0.338 e. The highest BCUT2D eigenvalue weighted by molar-refractivity contribution is 7.07. The Morgan fingerprint density at radius 1 is 1.02 bits per heavy atom. The summed E-state index contributed by atoms with van der Waals surface area (Å²) >= 11 is 7.37. The molecule has 0 amide bonds. The molecule has 1 atom stereocenters. The number of aromatic nitrogens is 1. The van der Waals surface area contributed by atoms with E-state index in [0.717, 1.165) is 11.1 Å². The molecule has 0 N–H and O–H groups in total. The zero-order valence-corrected chi connectivity index (χ0v) is 25.1. The Balaban J connectivity index is 1.62. The Hall–Kier alpha value is -4.34. The number of para-hydroxylation sites is 1. The number of hydrogen-bond acceptors (Lipinski definition) is 8. The van der Waals surface area contributed by atoms with Gasteiger partial charge < -0.3 is 18.9 Å². The smallest absolute Gasteiger partial charge is 0.338 e. The molecule has 0 aliphatic carbocycles. The van der Waals surface area contributed by atoms with Crippen molar-refractivity contribution < 1.29 is 23.7 Å². The summed E-state index contributed by atoms with van der Waals surface area (Å²) in [5.74, 6) is 1.08. The van der Waals surface area contributed by atoms with Gasteiger partial charge in [-0.2, -0.15) is 0 Å². The van der Waals surface area contributed by atoms with Crippen molar-refractivity contribution in [2.45, 2.75) is 26.5 Å². The van der Waals surface area contributed by atoms with Crippen LogP contribution in [0.4, 0.5) is 0 Å². The Labute approximate surface area is 251 Å². The molecule has 42 heavy (non-hydrogen) atoms. The minimum atomic E-state index is -0.781. The fraction of sp³-hybridized carbons (Fsp3) is 0.219. The number of nitrogens with zero attached hydrogens (tertiary/aromatic N) is 2. The average Bonchev–Trinajstić information content (AvgIpc) is 3.29. The Morgan fingerprint density at radius 2 is 1.81 bits per heavy atom. The highest BCUT2D eigenvalue weighted by Gasteiger charge is 2.34. The molecule has 0 bridgehead atoms. The van der Waals surface area contributed by atoms with Gasteiger partial charge in [-0.05, 0) is 61.4 Å². The number of carbonyl (C=O) groups excluding carboxylic acids is 1. The van der Waals surface area contributed by atoms with Crippen molar-refractivity contribution in [3.63, 3.8) is 0 Å². The molecular formula is C32H29ClN2O6S. The van der Waals surface area contributed by atoms with Crippen LogP contribution in [0.15, 0.2) is 87.8 Å². The zero-order valence-electron chi connectivity index (χ0n) is 23.5. The number of hydrogen-bond donors (Lipinski definition) is 0. The van der Waals surface area contributed by atoms with Gasteiger partial charge in [0.15, 0.2) is 16.3 Å². The van der Waals surface area contributed by atoms with Crippen LogP contribution in [0.25, 0.3) is 6.08 Å². The summed E-state index contributed by atoms with van der Waals surface area (Å²) in [5, 5.41) is 0.631. The molecule has 0 saturated carbocycles. The number of methoxy groups -OCH3 is 2. The van der Waals surface area contributed by atoms with Crippen LogP contribution in [-0.4, -0.2) is 31.4 Å². The van der Waals surface area contributed by atoms with Gasteiger partial charge in [-0.15, -0.1) is 0 Å². The first-order chi connectivity index (χ1) is 20.3. The van der Waals surface area contributed by atoms with Crippen molar-refractivity contribution >= 4 is 35.0 Å². The minimum Gasteiger partial charge on any atom is -0.493 e. The number of fused-ring (bicyclic) bond motifs is 1. The van der Waals surface area contributed by atoms with Crippen LogP contribution in [0.1, 0.15) is 36.6 Å². The molecule has 1 aromatic heterocycles. The van der Waals surface area contributed by atoms with Gasteiger partial charge in [-0.25, -0.2) is 9.79 Å². The third-order valence-electron chi connectivity index (χ3n) is 6.73. The molecule has 0 spiro atoms. The summed E-state index contributed by atoms with van der Waals surface area (Å²) in [6.07, 6.45) is 1.78. The predicted octanol–water partition coefficient (Wildman–Crippen LogP) is 5.05. The molecule has 0 radical (unpaired) electrons. The lowest BCUT2D eigenvalue weighted by Gasteiger charge is -2.25. The molecule has 4 aromatic rings. The third kappa shape index (κ3) is 5.84. The van der Waals surface area contributed by atoms with E-state index < -0.39 is 12.0 Å². The SMILES string of the molecule is CCOC(=O)C1=C(C)N=c2s/c(=C\c3ccccc3OCc3cccc(Cl)c3)c(=O)n2[C@H]1c1ccc(OC)c(OC)c1. The van der Waals surface area contributed by atoms with Gasteiger partial charge in [-0.3, -0.25) is 9.36 Å². The standard InChI is InChI=1S/C32H29ClN2O6S/c1-5-40-31(37)28-19(2)34-32-35(29(28)22-13-14-25(38-3)26(16-22)39-4)30(36)27(42-32)17-21-10-6-7-12-24(21)41-18-20-9-8-11-23(33)15-20/h6-17,29H,5,18H2,1-4H3/b27-17-/t29-/m0/s1. The van der Waals surface area contributed by atoms with E-state index in [9.17, 15) is 9.59 Å². The largest absolute Gasteiger partial charge is 0.493 e. The number of halogens is 1. The van der Waals surface area contributed by atoms with Crippen molar-refractivity contribution in [3.8, 4) is 17.2 Å². The van der Waals surface area contributed by atoms with Gasteiger partial charge in [0.25, 0.3) is 5.56 Å². The third-order valence-corrected chi connectivity index (χ3v) is 7.95. The lowest BCUT2D eigenvalue weighted by atomic mass is 9.95. The number of esters is 1. The number of allylic oxidation sites excluding steroid dienone is 1. The zero-order chi connectivity index (χ0) is 29.8. The van der Waals surface area contributed by atoms with Gasteiger partial charge in [0.2, 0.25) is 0 Å². The second-order valence-electron chi connectivity index (χ2n) is 9.37. The second kappa shape index (κ2) is 12.7. The maximum atomic E-state index is 14.0. The summed E-state index contributed by atoms with van der Waals surface area (Å²) in [6.45, 7) is 3.98. The maximum absolute atomic E-state index is 14.0. The normalized spacial score (nSPS) is 14.7. The van der Waals surface area contributed by atoms with Crippen LogP contribution in [0.3, 0.4) is 0 Å². The van der Waals surface area contributed by atoms with Gasteiger partial charge in [0.05, 0.1) is 42.7 Å². The van der Waals surface area contributed by atoms with Crippen molar-refractivity contribution in [2.24, 2.45) is 4.99 Å². The Kier molecular flexibility index (Phi) is 8.80. The number of ether oxygens (including phenoxy) is 4. The highest BCUT2D eigenvalue weighted by atomic mass is 35.5. The number of rotatable bonds is 9. The monoisotopic (exact) mass is 604 g/mol. The minimum absolute atomic E-state index is 0.185. The van der Waals surface area contributed by atoms with E-state index in [4.69, 9.17) is 30.5 Å². The molecule has 10 heteroatoms. The molecule has 2 heterocycles. The summed E-state index contributed by atoms with van der Waals surface area (Å²) in [5.41, 5.74) is 2.78. The number of thiazole rings is 1. The van der Waals surface area contributed by atoms with E-state index in [1.165, 1.54) is 23.0 Å². The van der Waals surface area contributed by atoms with Crippen molar-refractivity contribution in [2.75, 3.05) is 20.8 Å². The highest BCUT2D eigenvalue weighted by Crippen LogP contribution is 2.36. The number of carbonyl (C=O) groups is 1. The predicted molar refractivity (Wildman–Crippen MR) is 162 cm³/mol. The molecule has 5 rings (SSSR count). The fourth-order valence-corrected chi connectivity index (χ4v) is 6.04. The molecule has 8 nitrogen and oxygen atoms in total. The van der Waals surface area contributed by atoms with Crippen LogP contribution in [0, 0.1) is 0 Å². The molecule has 3 aromatic carbocycles. The first-order valence-electron chi connectivity index (χ1n) is 13.2. The van der Waals surface area contributed by atoms with E-state index in [-0.39, 0.29) is 17.7 Å². The van der Waals surface area contributed by atoms with E-state index in [0.29, 0.717) is 49.5 Å². The van der Waals surface area contributed by atoms with E-state index in [1.54, 1.807) is 45.2 Å². The molecule has 216 valence electrons. The average molecular weight is 605 g/mol. The van der Waals surface area contributed by atoms with Gasteiger partial charge in [0.1, 0.15) is 12.4 Å². The summed E-state index contributed by atoms with van der Waals surface area (Å²) in [6, 6.07) is 19.5. The summed E-state index contributed by atoms with van der Waals surface area (Å²) in [7, 11) is 3.08. The molecule has 1 aliphatic heterocycles. The van der Waals surface area contributed by atoms with E-state index >= 15 is 0 Å². The van der Waals surface area contributed by atoms with Crippen LogP contribution in [-0.2, 0) is 16.1 Å². The van der Waals surface area contributed by atoms with E-state index in [1.807, 2.05) is 48.5 Å². The van der Waals surface area contributed by atoms with Crippen LogP contribution < -0.4 is 29.1 Å². The summed E-state index contributed by atoms with van der Waals surface area (Å²) < 4.78 is 24.4. The quantitative estimate of drug-likeness (QED) is 0.249. The fourth-order valence-electron chi connectivity index (χ4n) is 4.79. The van der Waals surface area contributed by atoms with Crippen LogP contribution in [0.2, 0.25) is 5.02 Å². The molecule has 0 saturated heterocycles. The number of benzene rings is 3. The van der Waals surface area contributed by atoms with Crippen LogP contribution >= 0.6 is 22.9 Å². The van der Waals surface area contributed by atoms with Gasteiger partial charge in [0, 0.05) is 10.6 Å². The van der Waals surface area contributed by atoms with Crippen molar-refractivity contribution in [1.82, 2.24) is 4.57 Å². The Morgan fingerprint density at radius 3 is 2.55 bits per heavy atom.